The van der Waals surface area contributed by atoms with Crippen molar-refractivity contribution in [2.24, 2.45) is 0 Å². The highest BCUT2D eigenvalue weighted by Crippen LogP contribution is 2.25. The lowest BCUT2D eigenvalue weighted by molar-refractivity contribution is 0.196. The first-order chi connectivity index (χ1) is 10.6. The number of nitrogens with zero attached hydrogens (tertiary/aromatic N) is 1. The van der Waals surface area contributed by atoms with Gasteiger partial charge < -0.3 is 4.74 Å². The highest BCUT2D eigenvalue weighted by molar-refractivity contribution is 7.86. The van der Waals surface area contributed by atoms with Crippen LogP contribution in [0.5, 0.6) is 5.88 Å². The van der Waals surface area contributed by atoms with Crippen LogP contribution < -0.4 is 4.74 Å². The van der Waals surface area contributed by atoms with E-state index in [0.29, 0.717) is 30.7 Å². The summed E-state index contributed by atoms with van der Waals surface area (Å²) in [6.45, 7) is 0.0469. The molecular weight excluding hydrogens is 346 g/mol. The van der Waals surface area contributed by atoms with E-state index in [1.165, 1.54) is 13.3 Å². The average molecular weight is 367 g/mol. The first-order valence-electron chi connectivity index (χ1n) is 6.83. The van der Waals surface area contributed by atoms with E-state index in [1.807, 2.05) is 0 Å². The summed E-state index contributed by atoms with van der Waals surface area (Å²) >= 11 is 0. The van der Waals surface area contributed by atoms with Crippen molar-refractivity contribution in [1.29, 1.82) is 0 Å². The monoisotopic (exact) mass is 367 g/mol. The highest BCUT2D eigenvalue weighted by atomic mass is 32.2. The van der Waals surface area contributed by atoms with Gasteiger partial charge in [0, 0.05) is 17.8 Å². The summed E-state index contributed by atoms with van der Waals surface area (Å²) < 4.78 is 59.1. The first-order valence-corrected chi connectivity index (χ1v) is 10.5. The summed E-state index contributed by atoms with van der Waals surface area (Å²) in [4.78, 5) is 4.02. The fourth-order valence-corrected chi connectivity index (χ4v) is 2.88. The van der Waals surface area contributed by atoms with Crippen molar-refractivity contribution in [1.82, 2.24) is 4.98 Å². The third-order valence-electron chi connectivity index (χ3n) is 2.79. The van der Waals surface area contributed by atoms with Crippen LogP contribution in [0.25, 0.3) is 0 Å². The van der Waals surface area contributed by atoms with Crippen molar-refractivity contribution in [3.8, 4) is 5.88 Å². The molecule has 1 unspecified atom stereocenters. The number of unbranched alkanes of at least 4 members (excludes halogenated alkanes) is 1. The predicted molar refractivity (Wildman–Crippen MR) is 84.1 cm³/mol. The van der Waals surface area contributed by atoms with E-state index in [-0.39, 0.29) is 6.61 Å². The minimum atomic E-state index is -3.64. The van der Waals surface area contributed by atoms with E-state index in [0.717, 1.165) is 12.5 Å². The van der Waals surface area contributed by atoms with Crippen LogP contribution in [0, 0.1) is 0 Å². The zero-order valence-corrected chi connectivity index (χ0v) is 14.9. The van der Waals surface area contributed by atoms with Crippen molar-refractivity contribution in [3.05, 3.63) is 23.9 Å². The van der Waals surface area contributed by atoms with E-state index in [2.05, 4.69) is 9.17 Å². The van der Waals surface area contributed by atoms with Crippen molar-refractivity contribution in [2.45, 2.75) is 25.4 Å². The van der Waals surface area contributed by atoms with E-state index < -0.39 is 26.3 Å². The van der Waals surface area contributed by atoms with E-state index in [4.69, 9.17) is 8.92 Å². The zero-order valence-electron chi connectivity index (χ0n) is 13.3. The third kappa shape index (κ3) is 8.84. The molecule has 0 aliphatic rings. The van der Waals surface area contributed by atoms with E-state index in [1.54, 1.807) is 12.1 Å². The van der Waals surface area contributed by atoms with Crippen LogP contribution in [0.4, 0.5) is 0 Å². The summed E-state index contributed by atoms with van der Waals surface area (Å²) in [7, 11) is -5.62. The summed E-state index contributed by atoms with van der Waals surface area (Å²) in [5, 5.41) is 0. The highest BCUT2D eigenvalue weighted by Gasteiger charge is 2.18. The number of methoxy groups -OCH3 is 1. The molecule has 0 aromatic carbocycles. The predicted octanol–water partition coefficient (Wildman–Crippen LogP) is 1.25. The van der Waals surface area contributed by atoms with Crippen LogP contribution in [-0.4, -0.2) is 48.0 Å². The van der Waals surface area contributed by atoms with Crippen molar-refractivity contribution < 1.29 is 29.9 Å². The van der Waals surface area contributed by atoms with Crippen LogP contribution in [0.1, 0.15) is 30.9 Å². The molecule has 0 radical (unpaired) electrons. The van der Waals surface area contributed by atoms with Crippen LogP contribution in [0.2, 0.25) is 0 Å². The fourth-order valence-electron chi connectivity index (χ4n) is 1.83. The first kappa shape index (κ1) is 19.8. The molecule has 0 spiro atoms. The summed E-state index contributed by atoms with van der Waals surface area (Å²) in [5.74, 6) is 0.411. The van der Waals surface area contributed by atoms with Gasteiger partial charge in [-0.3, -0.25) is 8.37 Å². The van der Waals surface area contributed by atoms with Gasteiger partial charge in [-0.05, 0) is 25.3 Å². The lowest BCUT2D eigenvalue weighted by atomic mass is 10.1. The molecule has 1 aromatic heterocycles. The standard InChI is InChI=1S/C13H21NO7S2/c1-19-13-8-7-11(10-14-13)12(21-23(3,17)18)6-4-5-9-20-22(2,15)16/h7-8,10,12H,4-6,9H2,1-3H3. The molecule has 0 N–H and O–H groups in total. The summed E-state index contributed by atoms with van der Waals surface area (Å²) in [5.41, 5.74) is 0.597. The Bertz CT molecular complexity index is 684. The molecule has 0 fully saturated rings. The number of aromatic nitrogens is 1. The molecule has 23 heavy (non-hydrogen) atoms. The maximum absolute atomic E-state index is 11.4. The number of hydrogen-bond acceptors (Lipinski definition) is 8. The number of ether oxygens (including phenoxy) is 1. The average Bonchev–Trinajstić information content (AvgIpc) is 2.43. The SMILES string of the molecule is COc1ccc(C(CCCCOS(C)(=O)=O)OS(C)(=O)=O)cn1. The Kier molecular flexibility index (Phi) is 7.39. The summed E-state index contributed by atoms with van der Waals surface area (Å²) in [6.07, 6.45) is 4.12. The maximum atomic E-state index is 11.4. The molecule has 1 rings (SSSR count). The van der Waals surface area contributed by atoms with Crippen molar-refractivity contribution in [3.63, 3.8) is 0 Å². The largest absolute Gasteiger partial charge is 0.481 e. The van der Waals surface area contributed by atoms with Crippen LogP contribution in [0.3, 0.4) is 0 Å². The van der Waals surface area contributed by atoms with Gasteiger partial charge in [-0.25, -0.2) is 4.98 Å². The Morgan fingerprint density at radius 3 is 2.26 bits per heavy atom. The van der Waals surface area contributed by atoms with Gasteiger partial charge in [-0.2, -0.15) is 16.8 Å². The molecule has 132 valence electrons. The van der Waals surface area contributed by atoms with Crippen LogP contribution >= 0.6 is 0 Å². The van der Waals surface area contributed by atoms with Gasteiger partial charge in [-0.1, -0.05) is 0 Å². The van der Waals surface area contributed by atoms with E-state index >= 15 is 0 Å². The molecule has 1 heterocycles. The Balaban J connectivity index is 2.65. The van der Waals surface area contributed by atoms with Crippen LogP contribution in [-0.2, 0) is 28.6 Å². The Morgan fingerprint density at radius 1 is 1.09 bits per heavy atom. The lowest BCUT2D eigenvalue weighted by Crippen LogP contribution is -2.11. The van der Waals surface area contributed by atoms with E-state index in [9.17, 15) is 16.8 Å². The smallest absolute Gasteiger partial charge is 0.264 e. The molecule has 0 aliphatic heterocycles. The Hall–Kier alpha value is -1.23. The third-order valence-corrected chi connectivity index (χ3v) is 3.97. The van der Waals surface area contributed by atoms with Gasteiger partial charge in [-0.15, -0.1) is 0 Å². The number of pyridine rings is 1. The van der Waals surface area contributed by atoms with Gasteiger partial charge in [0.25, 0.3) is 20.2 Å². The maximum Gasteiger partial charge on any atom is 0.264 e. The quantitative estimate of drug-likeness (QED) is 0.449. The van der Waals surface area contributed by atoms with Gasteiger partial charge >= 0.3 is 0 Å². The van der Waals surface area contributed by atoms with Gasteiger partial charge in [0.1, 0.15) is 6.10 Å². The lowest BCUT2D eigenvalue weighted by Gasteiger charge is -2.16. The van der Waals surface area contributed by atoms with Gasteiger partial charge in [0.15, 0.2) is 0 Å². The molecule has 0 amide bonds. The summed E-state index contributed by atoms with van der Waals surface area (Å²) in [6, 6.07) is 3.29. The topological polar surface area (TPSA) is 109 Å². The zero-order chi connectivity index (χ0) is 17.5. The molecule has 10 heteroatoms. The fraction of sp³-hybridized carbons (Fsp3) is 0.615. The molecule has 8 nitrogen and oxygen atoms in total. The molecule has 0 saturated carbocycles. The molecule has 0 aliphatic carbocycles. The number of rotatable bonds is 10. The molecular formula is C13H21NO7S2. The normalized spacial score (nSPS) is 13.7. The van der Waals surface area contributed by atoms with Crippen molar-refractivity contribution in [2.75, 3.05) is 26.2 Å². The molecule has 1 atom stereocenters. The number of hydrogen-bond donors (Lipinski definition) is 0. The second kappa shape index (κ2) is 8.57. The Labute approximate surface area is 137 Å². The van der Waals surface area contributed by atoms with Gasteiger partial charge in [0.05, 0.1) is 26.2 Å². The Morgan fingerprint density at radius 2 is 1.78 bits per heavy atom. The minimum Gasteiger partial charge on any atom is -0.481 e. The minimum absolute atomic E-state index is 0.0469. The van der Waals surface area contributed by atoms with Crippen molar-refractivity contribution >= 4 is 20.2 Å². The van der Waals surface area contributed by atoms with Gasteiger partial charge in [0.2, 0.25) is 5.88 Å². The molecule has 0 saturated heterocycles. The van der Waals surface area contributed by atoms with Crippen LogP contribution in [0.15, 0.2) is 18.3 Å². The second-order valence-electron chi connectivity index (χ2n) is 4.94. The molecule has 0 bridgehead atoms. The molecule has 1 aromatic rings. The second-order valence-corrected chi connectivity index (χ2v) is 8.19.